The number of halogens is 4. The van der Waals surface area contributed by atoms with Gasteiger partial charge in [0.2, 0.25) is 0 Å². The molecule has 30 heavy (non-hydrogen) atoms. The van der Waals surface area contributed by atoms with E-state index in [1.54, 1.807) is 32.2 Å². The predicted molar refractivity (Wildman–Crippen MR) is 104 cm³/mol. The van der Waals surface area contributed by atoms with E-state index < -0.39 is 29.5 Å². The Morgan fingerprint density at radius 1 is 1.33 bits per heavy atom. The van der Waals surface area contributed by atoms with E-state index in [2.05, 4.69) is 10.3 Å². The average molecular weight is 425 g/mol. The van der Waals surface area contributed by atoms with Gasteiger partial charge in [0.1, 0.15) is 5.75 Å². The number of hydrogen-bond donors (Lipinski definition) is 1. The molecule has 0 spiro atoms. The second-order valence-electron chi connectivity index (χ2n) is 7.47. The van der Waals surface area contributed by atoms with Gasteiger partial charge >= 0.3 is 12.2 Å². The van der Waals surface area contributed by atoms with Crippen LogP contribution in [0.1, 0.15) is 36.6 Å². The molecule has 162 valence electrons. The molecule has 2 unspecified atom stereocenters. The average Bonchev–Trinajstić information content (AvgIpc) is 2.67. The van der Waals surface area contributed by atoms with E-state index in [1.807, 2.05) is 0 Å². The Morgan fingerprint density at radius 3 is 2.67 bits per heavy atom. The molecule has 2 atom stereocenters. The van der Waals surface area contributed by atoms with E-state index in [-0.39, 0.29) is 30.8 Å². The maximum atomic E-state index is 15.6. The Morgan fingerprint density at radius 2 is 2.07 bits per heavy atom. The number of ether oxygens (including phenoxy) is 1. The summed E-state index contributed by atoms with van der Waals surface area (Å²) in [4.78, 5) is 18.4. The van der Waals surface area contributed by atoms with E-state index in [0.717, 1.165) is 23.8 Å². The molecule has 0 saturated carbocycles. The van der Waals surface area contributed by atoms with Gasteiger partial charge in [0.05, 0.1) is 24.1 Å². The second-order valence-corrected chi connectivity index (χ2v) is 7.47. The van der Waals surface area contributed by atoms with Crippen LogP contribution < -0.4 is 10.1 Å². The first kappa shape index (κ1) is 21.9. The van der Waals surface area contributed by atoms with Crippen molar-refractivity contribution in [1.82, 2.24) is 9.88 Å². The lowest BCUT2D eigenvalue weighted by molar-refractivity contribution is -0.137. The maximum Gasteiger partial charge on any atom is 0.416 e. The van der Waals surface area contributed by atoms with Gasteiger partial charge in [0.25, 0.3) is 0 Å². The van der Waals surface area contributed by atoms with Crippen LogP contribution in [0.2, 0.25) is 0 Å². The third-order valence-corrected chi connectivity index (χ3v) is 5.37. The van der Waals surface area contributed by atoms with Crippen molar-refractivity contribution in [3.63, 3.8) is 0 Å². The zero-order chi connectivity index (χ0) is 22.1. The van der Waals surface area contributed by atoms with E-state index in [4.69, 9.17) is 4.74 Å². The molecule has 2 amide bonds. The SMILES string of the molecule is COc1cc(C(F)(F)F)ccc1NC(=O)N1CCC(F)(c2ncccc2C)CC1C. The summed E-state index contributed by atoms with van der Waals surface area (Å²) in [6.07, 6.45) is -2.83. The van der Waals surface area contributed by atoms with Crippen LogP contribution in [0.25, 0.3) is 0 Å². The van der Waals surface area contributed by atoms with Gasteiger partial charge in [-0.1, -0.05) is 6.07 Å². The van der Waals surface area contributed by atoms with Crippen molar-refractivity contribution in [3.8, 4) is 5.75 Å². The monoisotopic (exact) mass is 425 g/mol. The number of aromatic nitrogens is 1. The van der Waals surface area contributed by atoms with Gasteiger partial charge in [-0.05, 0) is 43.7 Å². The number of nitrogens with one attached hydrogen (secondary N) is 1. The number of piperidine rings is 1. The minimum absolute atomic E-state index is 0.0718. The molecule has 1 aliphatic heterocycles. The van der Waals surface area contributed by atoms with Crippen LogP contribution in [-0.2, 0) is 11.8 Å². The van der Waals surface area contributed by atoms with Gasteiger partial charge in [0, 0.05) is 31.6 Å². The number of pyridine rings is 1. The summed E-state index contributed by atoms with van der Waals surface area (Å²) in [5.41, 5.74) is -1.29. The summed E-state index contributed by atoms with van der Waals surface area (Å²) in [6, 6.07) is 5.41. The molecule has 2 heterocycles. The number of amides is 2. The minimum Gasteiger partial charge on any atom is -0.495 e. The minimum atomic E-state index is -4.52. The lowest BCUT2D eigenvalue weighted by atomic mass is 9.84. The largest absolute Gasteiger partial charge is 0.495 e. The Kier molecular flexibility index (Phi) is 5.92. The first-order valence-electron chi connectivity index (χ1n) is 9.49. The van der Waals surface area contributed by atoms with Gasteiger partial charge < -0.3 is 15.0 Å². The number of nitrogens with zero attached hydrogens (tertiary/aromatic N) is 2. The number of urea groups is 1. The van der Waals surface area contributed by atoms with Crippen LogP contribution in [0.5, 0.6) is 5.75 Å². The number of alkyl halides is 4. The fraction of sp³-hybridized carbons (Fsp3) is 0.429. The standard InChI is InChI=1S/C21H23F4N3O2/c1-13-5-4-9-26-18(13)20(22)8-10-28(14(2)12-20)19(29)27-16-7-6-15(21(23,24)25)11-17(16)30-3/h4-7,9,11,14H,8,10,12H2,1-3H3,(H,27,29). The van der Waals surface area contributed by atoms with Gasteiger partial charge in [-0.3, -0.25) is 4.98 Å². The number of carbonyl (C=O) groups is 1. The molecule has 0 aliphatic carbocycles. The first-order valence-corrected chi connectivity index (χ1v) is 9.49. The molecule has 0 bridgehead atoms. The molecule has 9 heteroatoms. The summed E-state index contributed by atoms with van der Waals surface area (Å²) < 4.78 is 59.3. The predicted octanol–water partition coefficient (Wildman–Crippen LogP) is 5.30. The molecule has 1 aliphatic rings. The highest BCUT2D eigenvalue weighted by Crippen LogP contribution is 2.40. The number of aryl methyl sites for hydroxylation is 1. The fourth-order valence-corrected chi connectivity index (χ4v) is 3.83. The smallest absolute Gasteiger partial charge is 0.416 e. The summed E-state index contributed by atoms with van der Waals surface area (Å²) in [5.74, 6) is -0.105. The van der Waals surface area contributed by atoms with Gasteiger partial charge in [-0.2, -0.15) is 13.2 Å². The van der Waals surface area contributed by atoms with E-state index >= 15 is 4.39 Å². The summed E-state index contributed by atoms with van der Waals surface area (Å²) >= 11 is 0. The van der Waals surface area contributed by atoms with Crippen molar-refractivity contribution in [1.29, 1.82) is 0 Å². The molecule has 1 aromatic carbocycles. The molecule has 0 radical (unpaired) electrons. The van der Waals surface area contributed by atoms with Crippen molar-refractivity contribution < 1.29 is 27.1 Å². The second kappa shape index (κ2) is 8.12. The molecule has 1 fully saturated rings. The number of likely N-dealkylation sites (tertiary alicyclic amines) is 1. The number of anilines is 1. The van der Waals surface area contributed by atoms with Crippen LogP contribution >= 0.6 is 0 Å². The number of hydrogen-bond acceptors (Lipinski definition) is 3. The molecule has 1 saturated heterocycles. The Balaban J connectivity index is 1.74. The molecular formula is C21H23F4N3O2. The molecular weight excluding hydrogens is 402 g/mol. The van der Waals surface area contributed by atoms with Gasteiger partial charge in [0.15, 0.2) is 5.67 Å². The number of benzene rings is 1. The van der Waals surface area contributed by atoms with E-state index in [0.29, 0.717) is 5.69 Å². The zero-order valence-electron chi connectivity index (χ0n) is 16.9. The van der Waals surface area contributed by atoms with Crippen LogP contribution in [0.15, 0.2) is 36.5 Å². The Hall–Kier alpha value is -2.84. The number of rotatable bonds is 3. The topological polar surface area (TPSA) is 54.5 Å². The lowest BCUT2D eigenvalue weighted by Gasteiger charge is -2.41. The number of methoxy groups -OCH3 is 1. The van der Waals surface area contributed by atoms with Crippen LogP contribution in [-0.4, -0.2) is 35.6 Å². The lowest BCUT2D eigenvalue weighted by Crippen LogP contribution is -2.50. The molecule has 3 rings (SSSR count). The van der Waals surface area contributed by atoms with Gasteiger partial charge in [-0.25, -0.2) is 9.18 Å². The van der Waals surface area contributed by atoms with Crippen LogP contribution in [0.3, 0.4) is 0 Å². The highest BCUT2D eigenvalue weighted by molar-refractivity contribution is 5.91. The molecule has 1 N–H and O–H groups in total. The summed E-state index contributed by atoms with van der Waals surface area (Å²) in [5, 5.41) is 2.58. The fourth-order valence-electron chi connectivity index (χ4n) is 3.83. The van der Waals surface area contributed by atoms with E-state index in [9.17, 15) is 18.0 Å². The van der Waals surface area contributed by atoms with Crippen LogP contribution in [0, 0.1) is 6.92 Å². The molecule has 1 aromatic heterocycles. The Bertz CT molecular complexity index is 935. The highest BCUT2D eigenvalue weighted by Gasteiger charge is 2.43. The quantitative estimate of drug-likeness (QED) is 0.679. The first-order chi connectivity index (χ1) is 14.0. The normalized spacial score (nSPS) is 22.0. The highest BCUT2D eigenvalue weighted by atomic mass is 19.4. The van der Waals surface area contributed by atoms with Crippen molar-refractivity contribution >= 4 is 11.7 Å². The Labute approximate surface area is 172 Å². The van der Waals surface area contributed by atoms with Crippen molar-refractivity contribution in [2.75, 3.05) is 19.0 Å². The molecule has 5 nitrogen and oxygen atoms in total. The molecule has 2 aromatic rings. The van der Waals surface area contributed by atoms with E-state index in [1.165, 1.54) is 12.0 Å². The third kappa shape index (κ3) is 4.34. The van der Waals surface area contributed by atoms with Crippen LogP contribution in [0.4, 0.5) is 28.0 Å². The van der Waals surface area contributed by atoms with Crippen molar-refractivity contribution in [2.45, 2.75) is 44.6 Å². The summed E-state index contributed by atoms with van der Waals surface area (Å²) in [6.45, 7) is 3.67. The van der Waals surface area contributed by atoms with Crippen molar-refractivity contribution in [3.05, 3.63) is 53.3 Å². The maximum absolute atomic E-state index is 15.6. The number of carbonyl (C=O) groups excluding carboxylic acids is 1. The van der Waals surface area contributed by atoms with Gasteiger partial charge in [-0.15, -0.1) is 0 Å². The van der Waals surface area contributed by atoms with Crippen molar-refractivity contribution in [2.24, 2.45) is 0 Å². The zero-order valence-corrected chi connectivity index (χ0v) is 16.9. The summed E-state index contributed by atoms with van der Waals surface area (Å²) in [7, 11) is 1.22. The third-order valence-electron chi connectivity index (χ3n) is 5.37.